The molecule has 0 aliphatic carbocycles. The van der Waals surface area contributed by atoms with Gasteiger partial charge in [-0.2, -0.15) is 15.8 Å². The summed E-state index contributed by atoms with van der Waals surface area (Å²) in [6.07, 6.45) is 3.39. The number of fused-ring (bicyclic) bond motifs is 3. The number of para-hydroxylation sites is 2. The topological polar surface area (TPSA) is 89.2 Å². The summed E-state index contributed by atoms with van der Waals surface area (Å²) in [5.41, 5.74) is 6.45. The van der Waals surface area contributed by atoms with Gasteiger partial charge in [-0.15, -0.1) is 0 Å². The highest BCUT2D eigenvalue weighted by Gasteiger charge is 2.20. The van der Waals surface area contributed by atoms with Crippen LogP contribution < -0.4 is 0 Å². The Bertz CT molecular complexity index is 1580. The SMILES string of the molecule is Cc1cc(C#N)c(-c2ccncc2)cc1-n1c2c(C#N)cccc2c2cccc(C#N)c21. The Morgan fingerprint density at radius 3 is 1.81 bits per heavy atom. The Hall–Kier alpha value is -4.92. The summed E-state index contributed by atoms with van der Waals surface area (Å²) in [5, 5.41) is 31.3. The third-order valence-corrected chi connectivity index (χ3v) is 5.74. The van der Waals surface area contributed by atoms with E-state index in [0.29, 0.717) is 16.7 Å². The summed E-state index contributed by atoms with van der Waals surface area (Å²) in [6.45, 7) is 1.94. The molecule has 148 valence electrons. The van der Waals surface area contributed by atoms with Crippen molar-refractivity contribution in [1.29, 1.82) is 15.8 Å². The summed E-state index contributed by atoms with van der Waals surface area (Å²) in [7, 11) is 0. The Morgan fingerprint density at radius 2 is 1.28 bits per heavy atom. The Labute approximate surface area is 184 Å². The lowest BCUT2D eigenvalue weighted by molar-refractivity contribution is 1.14. The minimum absolute atomic E-state index is 0.525. The van der Waals surface area contributed by atoms with Crippen LogP contribution in [-0.2, 0) is 0 Å². The average Bonchev–Trinajstić information content (AvgIpc) is 3.19. The third kappa shape index (κ3) is 2.72. The summed E-state index contributed by atoms with van der Waals surface area (Å²) >= 11 is 0. The van der Waals surface area contributed by atoms with Crippen LogP contribution in [0.1, 0.15) is 22.3 Å². The number of aryl methyl sites for hydroxylation is 1. The van der Waals surface area contributed by atoms with Crippen molar-refractivity contribution < 1.29 is 0 Å². The Kier molecular flexibility index (Phi) is 4.41. The highest BCUT2D eigenvalue weighted by Crippen LogP contribution is 2.38. The maximum absolute atomic E-state index is 9.86. The summed E-state index contributed by atoms with van der Waals surface area (Å²) in [6, 6.07) is 25.7. The van der Waals surface area contributed by atoms with Gasteiger partial charge in [0, 0.05) is 34.4 Å². The number of nitriles is 3. The van der Waals surface area contributed by atoms with E-state index in [1.165, 1.54) is 0 Å². The quantitative estimate of drug-likeness (QED) is 0.370. The van der Waals surface area contributed by atoms with Gasteiger partial charge in [-0.1, -0.05) is 24.3 Å². The van der Waals surface area contributed by atoms with Gasteiger partial charge in [-0.25, -0.2) is 0 Å². The highest BCUT2D eigenvalue weighted by molar-refractivity contribution is 6.12. The molecular weight excluding hydrogens is 394 g/mol. The molecule has 0 aliphatic rings. The van der Waals surface area contributed by atoms with Crippen molar-refractivity contribution in [2.45, 2.75) is 6.92 Å². The molecule has 5 heteroatoms. The number of aromatic nitrogens is 2. The average molecular weight is 409 g/mol. The number of benzene rings is 3. The predicted molar refractivity (Wildman–Crippen MR) is 123 cm³/mol. The van der Waals surface area contributed by atoms with E-state index in [4.69, 9.17) is 0 Å². The maximum atomic E-state index is 9.86. The van der Waals surface area contributed by atoms with Crippen LogP contribution in [0.2, 0.25) is 0 Å². The smallest absolute Gasteiger partial charge is 0.101 e. The second kappa shape index (κ2) is 7.40. The van der Waals surface area contributed by atoms with Crippen molar-refractivity contribution in [2.24, 2.45) is 0 Å². The molecule has 0 spiro atoms. The fraction of sp³-hybridized carbons (Fsp3) is 0.0370. The normalized spacial score (nSPS) is 10.6. The lowest BCUT2D eigenvalue weighted by atomic mass is 9.97. The van der Waals surface area contributed by atoms with Crippen LogP contribution in [0.4, 0.5) is 0 Å². The van der Waals surface area contributed by atoms with Crippen LogP contribution in [-0.4, -0.2) is 9.55 Å². The van der Waals surface area contributed by atoms with E-state index in [0.717, 1.165) is 44.2 Å². The molecule has 0 atom stereocenters. The van der Waals surface area contributed by atoms with Crippen molar-refractivity contribution >= 4 is 21.8 Å². The van der Waals surface area contributed by atoms with Gasteiger partial charge in [0.1, 0.15) is 12.1 Å². The van der Waals surface area contributed by atoms with Crippen molar-refractivity contribution in [3.05, 3.63) is 95.3 Å². The number of hydrogen-bond donors (Lipinski definition) is 0. The van der Waals surface area contributed by atoms with Gasteiger partial charge < -0.3 is 4.57 Å². The first-order chi connectivity index (χ1) is 15.7. The summed E-state index contributed by atoms with van der Waals surface area (Å²) in [5.74, 6) is 0. The molecule has 2 heterocycles. The van der Waals surface area contributed by atoms with Crippen molar-refractivity contribution in [3.8, 4) is 35.0 Å². The molecule has 0 aliphatic heterocycles. The van der Waals surface area contributed by atoms with Gasteiger partial charge in [0.25, 0.3) is 0 Å². The van der Waals surface area contributed by atoms with Crippen LogP contribution in [0.25, 0.3) is 38.6 Å². The molecular formula is C27H15N5. The fourth-order valence-corrected chi connectivity index (χ4v) is 4.34. The van der Waals surface area contributed by atoms with Gasteiger partial charge >= 0.3 is 0 Å². The molecule has 0 saturated heterocycles. The summed E-state index contributed by atoms with van der Waals surface area (Å²) < 4.78 is 1.99. The third-order valence-electron chi connectivity index (χ3n) is 5.74. The van der Waals surface area contributed by atoms with Crippen LogP contribution in [0.5, 0.6) is 0 Å². The standard InChI is InChI=1S/C27H15N5/c1-17-12-21(16-30)24(18-8-10-31-11-9-18)13-25(17)32-26-19(14-28)4-2-6-22(26)23-7-3-5-20(15-29)27(23)32/h2-13H,1H3. The Morgan fingerprint density at radius 1 is 0.719 bits per heavy atom. The zero-order valence-electron chi connectivity index (χ0n) is 17.2. The van der Waals surface area contributed by atoms with Crippen molar-refractivity contribution in [1.82, 2.24) is 9.55 Å². The summed E-state index contributed by atoms with van der Waals surface area (Å²) in [4.78, 5) is 4.08. The van der Waals surface area contributed by atoms with E-state index in [1.54, 1.807) is 24.5 Å². The van der Waals surface area contributed by atoms with Crippen molar-refractivity contribution in [3.63, 3.8) is 0 Å². The molecule has 0 radical (unpaired) electrons. The molecule has 3 aromatic carbocycles. The second-order valence-corrected chi connectivity index (χ2v) is 7.49. The van der Waals surface area contributed by atoms with E-state index in [2.05, 4.69) is 23.2 Å². The first-order valence-corrected chi connectivity index (χ1v) is 9.99. The monoisotopic (exact) mass is 409 g/mol. The lowest BCUT2D eigenvalue weighted by Crippen LogP contribution is -2.02. The minimum atomic E-state index is 0.525. The minimum Gasteiger partial charge on any atom is -0.306 e. The number of hydrogen-bond acceptors (Lipinski definition) is 4. The van der Waals surface area contributed by atoms with E-state index in [1.807, 2.05) is 60.0 Å². The number of pyridine rings is 1. The molecule has 5 rings (SSSR count). The molecule has 5 nitrogen and oxygen atoms in total. The first-order valence-electron chi connectivity index (χ1n) is 9.99. The molecule has 0 saturated carbocycles. The van der Waals surface area contributed by atoms with E-state index in [-0.39, 0.29) is 0 Å². The van der Waals surface area contributed by atoms with Crippen LogP contribution in [0.3, 0.4) is 0 Å². The van der Waals surface area contributed by atoms with Crippen LogP contribution >= 0.6 is 0 Å². The zero-order valence-corrected chi connectivity index (χ0v) is 17.2. The molecule has 2 aromatic heterocycles. The first kappa shape index (κ1) is 19.1. The van der Waals surface area contributed by atoms with Crippen molar-refractivity contribution in [2.75, 3.05) is 0 Å². The Balaban J connectivity index is 2.00. The van der Waals surface area contributed by atoms with Crippen LogP contribution in [0, 0.1) is 40.9 Å². The zero-order chi connectivity index (χ0) is 22.2. The van der Waals surface area contributed by atoms with Gasteiger partial charge in [0.15, 0.2) is 0 Å². The van der Waals surface area contributed by atoms with Crippen LogP contribution in [0.15, 0.2) is 73.1 Å². The van der Waals surface area contributed by atoms with Gasteiger partial charge in [-0.3, -0.25) is 4.98 Å². The van der Waals surface area contributed by atoms with E-state index >= 15 is 0 Å². The second-order valence-electron chi connectivity index (χ2n) is 7.49. The molecule has 5 aromatic rings. The van der Waals surface area contributed by atoms with Gasteiger partial charge in [0.2, 0.25) is 0 Å². The molecule has 0 N–H and O–H groups in total. The molecule has 0 bridgehead atoms. The molecule has 32 heavy (non-hydrogen) atoms. The number of rotatable bonds is 2. The van der Waals surface area contributed by atoms with E-state index < -0.39 is 0 Å². The fourth-order valence-electron chi connectivity index (χ4n) is 4.34. The molecule has 0 unspecified atom stereocenters. The van der Waals surface area contributed by atoms with Gasteiger partial charge in [-0.05, 0) is 54.4 Å². The highest BCUT2D eigenvalue weighted by atomic mass is 15.0. The molecule has 0 fully saturated rings. The predicted octanol–water partition coefficient (Wildman–Crippen LogP) is 5.77. The number of nitrogens with zero attached hydrogens (tertiary/aromatic N) is 5. The lowest BCUT2D eigenvalue weighted by Gasteiger charge is -2.16. The largest absolute Gasteiger partial charge is 0.306 e. The van der Waals surface area contributed by atoms with Gasteiger partial charge in [0.05, 0.1) is 33.8 Å². The molecule has 0 amide bonds. The maximum Gasteiger partial charge on any atom is 0.101 e. The van der Waals surface area contributed by atoms with E-state index in [9.17, 15) is 15.8 Å².